The van der Waals surface area contributed by atoms with Crippen LogP contribution in [0.2, 0.25) is 0 Å². The summed E-state index contributed by atoms with van der Waals surface area (Å²) in [4.78, 5) is 12.0. The van der Waals surface area contributed by atoms with Crippen LogP contribution in [-0.2, 0) is 17.8 Å². The van der Waals surface area contributed by atoms with Crippen LogP contribution in [0.4, 0.5) is 8.78 Å². The second-order valence-corrected chi connectivity index (χ2v) is 6.07. The maximum Gasteiger partial charge on any atom is 0.220 e. The zero-order valence-corrected chi connectivity index (χ0v) is 14.3. The molecular formula is C20H18F2N2O2. The van der Waals surface area contributed by atoms with Crippen molar-refractivity contribution >= 4 is 5.91 Å². The molecule has 0 aliphatic rings. The summed E-state index contributed by atoms with van der Waals surface area (Å²) >= 11 is 0. The van der Waals surface area contributed by atoms with E-state index in [-0.39, 0.29) is 24.4 Å². The number of aryl methyl sites for hydroxylation is 2. The molecule has 0 bridgehead atoms. The maximum absolute atomic E-state index is 13.6. The van der Waals surface area contributed by atoms with Crippen molar-refractivity contribution in [1.82, 2.24) is 10.5 Å². The lowest BCUT2D eigenvalue weighted by molar-refractivity contribution is -0.121. The number of halogens is 2. The number of nitrogens with zero attached hydrogens (tertiary/aromatic N) is 1. The zero-order chi connectivity index (χ0) is 18.5. The van der Waals surface area contributed by atoms with E-state index in [1.807, 2.05) is 31.2 Å². The average Bonchev–Trinajstić information content (AvgIpc) is 3.08. The van der Waals surface area contributed by atoms with Gasteiger partial charge in [0.2, 0.25) is 5.91 Å². The van der Waals surface area contributed by atoms with Gasteiger partial charge in [-0.1, -0.05) is 41.1 Å². The Labute approximate surface area is 149 Å². The van der Waals surface area contributed by atoms with Crippen LogP contribution in [-0.4, -0.2) is 11.1 Å². The normalized spacial score (nSPS) is 10.7. The lowest BCUT2D eigenvalue weighted by Gasteiger charge is -2.07. The summed E-state index contributed by atoms with van der Waals surface area (Å²) in [7, 11) is 0. The van der Waals surface area contributed by atoms with Crippen molar-refractivity contribution in [3.8, 4) is 11.3 Å². The van der Waals surface area contributed by atoms with Gasteiger partial charge in [-0.05, 0) is 19.4 Å². The number of benzene rings is 2. The Balaban J connectivity index is 1.57. The zero-order valence-electron chi connectivity index (χ0n) is 14.3. The smallest absolute Gasteiger partial charge is 0.220 e. The van der Waals surface area contributed by atoms with Crippen molar-refractivity contribution in [2.45, 2.75) is 26.3 Å². The van der Waals surface area contributed by atoms with Gasteiger partial charge in [-0.25, -0.2) is 8.78 Å². The number of nitrogens with one attached hydrogen (secondary N) is 1. The Hall–Kier alpha value is -3.02. The predicted octanol–water partition coefficient (Wildman–Crippen LogP) is 4.18. The van der Waals surface area contributed by atoms with Crippen LogP contribution in [0.1, 0.15) is 23.1 Å². The van der Waals surface area contributed by atoms with Crippen molar-refractivity contribution < 1.29 is 18.1 Å². The van der Waals surface area contributed by atoms with Crippen molar-refractivity contribution in [2.24, 2.45) is 0 Å². The molecule has 3 aromatic rings. The lowest BCUT2D eigenvalue weighted by atomic mass is 10.0. The molecule has 0 aliphatic carbocycles. The van der Waals surface area contributed by atoms with E-state index in [1.165, 1.54) is 12.3 Å². The molecule has 4 nitrogen and oxygen atoms in total. The molecule has 0 radical (unpaired) electrons. The van der Waals surface area contributed by atoms with Crippen LogP contribution in [0.3, 0.4) is 0 Å². The minimum absolute atomic E-state index is 0.0133. The molecule has 0 fully saturated rings. The van der Waals surface area contributed by atoms with Crippen LogP contribution in [0.25, 0.3) is 11.3 Å². The van der Waals surface area contributed by atoms with Crippen molar-refractivity contribution in [3.63, 3.8) is 0 Å². The first-order chi connectivity index (χ1) is 12.5. The summed E-state index contributed by atoms with van der Waals surface area (Å²) < 4.78 is 31.5. The molecule has 0 unspecified atom stereocenters. The van der Waals surface area contributed by atoms with Gasteiger partial charge >= 0.3 is 0 Å². The van der Waals surface area contributed by atoms with E-state index in [2.05, 4.69) is 10.5 Å². The molecule has 0 saturated carbocycles. The molecular weight excluding hydrogens is 338 g/mol. The number of hydrogen-bond acceptors (Lipinski definition) is 3. The number of carbonyl (C=O) groups excluding carboxylic acids is 1. The van der Waals surface area contributed by atoms with E-state index in [4.69, 9.17) is 4.52 Å². The summed E-state index contributed by atoms with van der Waals surface area (Å²) in [6.07, 6.45) is 2.19. The SMILES string of the molecule is Cc1ccc(-c2nocc2CCC(=O)NCc2ccc(F)cc2F)cc1. The Bertz CT molecular complexity index is 904. The van der Waals surface area contributed by atoms with Crippen LogP contribution in [0, 0.1) is 18.6 Å². The molecule has 1 aromatic heterocycles. The summed E-state index contributed by atoms with van der Waals surface area (Å²) in [5, 5.41) is 6.65. The van der Waals surface area contributed by atoms with E-state index in [1.54, 1.807) is 0 Å². The first-order valence-electron chi connectivity index (χ1n) is 8.24. The third-order valence-corrected chi connectivity index (χ3v) is 4.08. The van der Waals surface area contributed by atoms with Crippen LogP contribution >= 0.6 is 0 Å². The second kappa shape index (κ2) is 7.91. The van der Waals surface area contributed by atoms with Gasteiger partial charge < -0.3 is 9.84 Å². The molecule has 1 amide bonds. The molecule has 0 saturated heterocycles. The Morgan fingerprint density at radius 3 is 2.62 bits per heavy atom. The predicted molar refractivity (Wildman–Crippen MR) is 93.2 cm³/mol. The van der Waals surface area contributed by atoms with Gasteiger partial charge in [0.25, 0.3) is 0 Å². The summed E-state index contributed by atoms with van der Waals surface area (Å²) in [5.41, 5.74) is 3.85. The molecule has 26 heavy (non-hydrogen) atoms. The first kappa shape index (κ1) is 17.8. The molecule has 0 aliphatic heterocycles. The molecule has 2 aromatic carbocycles. The minimum Gasteiger partial charge on any atom is -0.364 e. The molecule has 1 N–H and O–H groups in total. The van der Waals surface area contributed by atoms with Gasteiger partial charge in [-0.15, -0.1) is 0 Å². The van der Waals surface area contributed by atoms with Gasteiger partial charge in [0.15, 0.2) is 0 Å². The van der Waals surface area contributed by atoms with Gasteiger partial charge in [0, 0.05) is 35.7 Å². The number of carbonyl (C=O) groups is 1. The molecule has 6 heteroatoms. The third kappa shape index (κ3) is 4.33. The third-order valence-electron chi connectivity index (χ3n) is 4.08. The number of amides is 1. The lowest BCUT2D eigenvalue weighted by Crippen LogP contribution is -2.23. The van der Waals surface area contributed by atoms with Crippen molar-refractivity contribution in [3.05, 3.63) is 77.1 Å². The molecule has 0 spiro atoms. The van der Waals surface area contributed by atoms with Gasteiger partial charge in [-0.3, -0.25) is 4.79 Å². The highest BCUT2D eigenvalue weighted by Gasteiger charge is 2.12. The van der Waals surface area contributed by atoms with Crippen LogP contribution < -0.4 is 5.32 Å². The fourth-order valence-electron chi connectivity index (χ4n) is 2.58. The Kier molecular flexibility index (Phi) is 5.41. The topological polar surface area (TPSA) is 55.1 Å². The number of rotatable bonds is 6. The molecule has 0 atom stereocenters. The maximum atomic E-state index is 13.6. The molecule has 134 valence electrons. The van der Waals surface area contributed by atoms with Crippen LogP contribution in [0.5, 0.6) is 0 Å². The van der Waals surface area contributed by atoms with E-state index in [9.17, 15) is 13.6 Å². The second-order valence-electron chi connectivity index (χ2n) is 6.07. The van der Waals surface area contributed by atoms with E-state index in [0.717, 1.165) is 28.8 Å². The van der Waals surface area contributed by atoms with Crippen LogP contribution in [0.15, 0.2) is 53.3 Å². The summed E-state index contributed by atoms with van der Waals surface area (Å²) in [6.45, 7) is 2.02. The molecule has 1 heterocycles. The average molecular weight is 356 g/mol. The monoisotopic (exact) mass is 356 g/mol. The Morgan fingerprint density at radius 1 is 1.12 bits per heavy atom. The van der Waals surface area contributed by atoms with Crippen molar-refractivity contribution in [1.29, 1.82) is 0 Å². The highest BCUT2D eigenvalue weighted by Crippen LogP contribution is 2.23. The quantitative estimate of drug-likeness (QED) is 0.721. The number of hydrogen-bond donors (Lipinski definition) is 1. The van der Waals surface area contributed by atoms with E-state index >= 15 is 0 Å². The van der Waals surface area contributed by atoms with Gasteiger partial charge in [0.05, 0.1) is 0 Å². The minimum atomic E-state index is -0.675. The fraction of sp³-hybridized carbons (Fsp3) is 0.200. The first-order valence-corrected chi connectivity index (χ1v) is 8.24. The highest BCUT2D eigenvalue weighted by molar-refractivity contribution is 5.76. The summed E-state index contributed by atoms with van der Waals surface area (Å²) in [5.74, 6) is -1.55. The van der Waals surface area contributed by atoms with Crippen molar-refractivity contribution in [2.75, 3.05) is 0 Å². The standard InChI is InChI=1S/C20H18F2N2O2/c1-13-2-4-14(5-3-13)20-16(12-26-24-20)7-9-19(25)23-11-15-6-8-17(21)10-18(15)22/h2-6,8,10,12H,7,9,11H2,1H3,(H,23,25). The fourth-order valence-corrected chi connectivity index (χ4v) is 2.58. The number of aromatic nitrogens is 1. The summed E-state index contributed by atoms with van der Waals surface area (Å²) in [6, 6.07) is 11.2. The van der Waals surface area contributed by atoms with E-state index < -0.39 is 11.6 Å². The van der Waals surface area contributed by atoms with Gasteiger partial charge in [0.1, 0.15) is 23.6 Å². The molecule has 3 rings (SSSR count). The Morgan fingerprint density at radius 2 is 1.88 bits per heavy atom. The highest BCUT2D eigenvalue weighted by atomic mass is 19.1. The largest absolute Gasteiger partial charge is 0.364 e. The van der Waals surface area contributed by atoms with Gasteiger partial charge in [-0.2, -0.15) is 0 Å². The van der Waals surface area contributed by atoms with E-state index in [0.29, 0.717) is 12.1 Å².